The van der Waals surface area contributed by atoms with Crippen molar-refractivity contribution in [1.82, 2.24) is 10.3 Å². The number of nitrogens with one attached hydrogen (secondary N) is 1. The van der Waals surface area contributed by atoms with E-state index in [4.69, 9.17) is 4.74 Å². The number of thiazole rings is 1. The number of carbonyl (C=O) groups is 2. The number of rotatable bonds is 5. The van der Waals surface area contributed by atoms with Crippen molar-refractivity contribution in [2.75, 3.05) is 7.11 Å². The maximum absolute atomic E-state index is 12.3. The van der Waals surface area contributed by atoms with Gasteiger partial charge in [0.05, 0.1) is 30.8 Å². The van der Waals surface area contributed by atoms with Gasteiger partial charge < -0.3 is 10.1 Å². The van der Waals surface area contributed by atoms with Crippen LogP contribution in [0.2, 0.25) is 0 Å². The van der Waals surface area contributed by atoms with Gasteiger partial charge in [-0.05, 0) is 12.5 Å². The Kier molecular flexibility index (Phi) is 5.05. The third-order valence-corrected chi connectivity index (χ3v) is 3.98. The molecular weight excluding hydrogens is 288 g/mol. The number of methoxy groups -OCH3 is 1. The van der Waals surface area contributed by atoms with E-state index >= 15 is 0 Å². The minimum atomic E-state index is -0.423. The zero-order valence-electron chi connectivity index (χ0n) is 11.8. The molecule has 1 unspecified atom stereocenters. The maximum Gasteiger partial charge on any atom is 0.307 e. The van der Waals surface area contributed by atoms with Crippen LogP contribution in [0.15, 0.2) is 35.8 Å². The molecule has 2 aromatic rings. The van der Waals surface area contributed by atoms with Crippen molar-refractivity contribution < 1.29 is 14.3 Å². The molecule has 0 aliphatic rings. The molecule has 21 heavy (non-hydrogen) atoms. The van der Waals surface area contributed by atoms with Gasteiger partial charge in [-0.3, -0.25) is 9.59 Å². The summed E-state index contributed by atoms with van der Waals surface area (Å²) >= 11 is 1.28. The van der Waals surface area contributed by atoms with Crippen LogP contribution in [0.4, 0.5) is 0 Å². The molecule has 1 aromatic heterocycles. The van der Waals surface area contributed by atoms with Gasteiger partial charge >= 0.3 is 5.97 Å². The first-order chi connectivity index (χ1) is 10.1. The average molecular weight is 304 g/mol. The number of amides is 1. The Morgan fingerprint density at radius 2 is 2.05 bits per heavy atom. The Morgan fingerprint density at radius 3 is 2.62 bits per heavy atom. The van der Waals surface area contributed by atoms with E-state index in [2.05, 4.69) is 10.3 Å². The average Bonchev–Trinajstić information content (AvgIpc) is 2.93. The van der Waals surface area contributed by atoms with Gasteiger partial charge in [0, 0.05) is 0 Å². The second-order valence-electron chi connectivity index (χ2n) is 4.48. The molecule has 0 bridgehead atoms. The van der Waals surface area contributed by atoms with E-state index in [9.17, 15) is 9.59 Å². The number of hydrogen-bond acceptors (Lipinski definition) is 5. The molecule has 0 fully saturated rings. The molecular formula is C15H16N2O3S. The molecule has 1 N–H and O–H groups in total. The van der Waals surface area contributed by atoms with E-state index < -0.39 is 6.04 Å². The Morgan fingerprint density at radius 1 is 1.33 bits per heavy atom. The van der Waals surface area contributed by atoms with Gasteiger partial charge in [-0.15, -0.1) is 11.3 Å². The Hall–Kier alpha value is -2.21. The smallest absolute Gasteiger partial charge is 0.307 e. The SMILES string of the molecule is COC(=O)CC(NC(=O)c1scnc1C)c1ccccc1. The Labute approximate surface area is 127 Å². The number of benzene rings is 1. The predicted molar refractivity (Wildman–Crippen MR) is 80.1 cm³/mol. The number of hydrogen-bond donors (Lipinski definition) is 1. The van der Waals surface area contributed by atoms with Gasteiger partial charge in [-0.2, -0.15) is 0 Å². The summed E-state index contributed by atoms with van der Waals surface area (Å²) < 4.78 is 4.70. The fraction of sp³-hybridized carbons (Fsp3) is 0.267. The van der Waals surface area contributed by atoms with Gasteiger partial charge in [0.1, 0.15) is 4.88 Å². The van der Waals surface area contributed by atoms with Crippen LogP contribution in [-0.4, -0.2) is 24.0 Å². The summed E-state index contributed by atoms with van der Waals surface area (Å²) in [5, 5.41) is 2.87. The number of carbonyl (C=O) groups excluding carboxylic acids is 2. The van der Waals surface area contributed by atoms with Crippen molar-refractivity contribution in [2.24, 2.45) is 0 Å². The van der Waals surface area contributed by atoms with Crippen LogP contribution in [0.5, 0.6) is 0 Å². The van der Waals surface area contributed by atoms with Crippen LogP contribution < -0.4 is 5.32 Å². The standard InChI is InChI=1S/C15H16N2O3S/c1-10-14(21-9-16-10)15(19)17-12(8-13(18)20-2)11-6-4-3-5-7-11/h3-7,9,12H,8H2,1-2H3,(H,17,19). The van der Waals surface area contributed by atoms with Crippen LogP contribution >= 0.6 is 11.3 Å². The predicted octanol–water partition coefficient (Wildman–Crippen LogP) is 2.49. The second kappa shape index (κ2) is 6.99. The van der Waals surface area contributed by atoms with Gasteiger partial charge in [0.15, 0.2) is 0 Å². The van der Waals surface area contributed by atoms with Crippen LogP contribution in [0.3, 0.4) is 0 Å². The fourth-order valence-corrected chi connectivity index (χ4v) is 2.64. The highest BCUT2D eigenvalue weighted by Crippen LogP contribution is 2.19. The largest absolute Gasteiger partial charge is 0.469 e. The summed E-state index contributed by atoms with van der Waals surface area (Å²) in [6, 6.07) is 8.93. The van der Waals surface area contributed by atoms with Crippen molar-refractivity contribution >= 4 is 23.2 Å². The number of esters is 1. The lowest BCUT2D eigenvalue weighted by molar-refractivity contribution is -0.141. The highest BCUT2D eigenvalue weighted by Gasteiger charge is 2.21. The van der Waals surface area contributed by atoms with E-state index in [0.29, 0.717) is 10.6 Å². The summed E-state index contributed by atoms with van der Waals surface area (Å²) in [7, 11) is 1.33. The van der Waals surface area contributed by atoms with E-state index in [1.54, 1.807) is 12.4 Å². The summed E-state index contributed by atoms with van der Waals surface area (Å²) in [5.41, 5.74) is 3.17. The zero-order valence-corrected chi connectivity index (χ0v) is 12.6. The topological polar surface area (TPSA) is 68.3 Å². The van der Waals surface area contributed by atoms with Gasteiger partial charge in [-0.25, -0.2) is 4.98 Å². The highest BCUT2D eigenvalue weighted by molar-refractivity contribution is 7.11. The quantitative estimate of drug-likeness (QED) is 0.862. The number of ether oxygens (including phenoxy) is 1. The number of aromatic nitrogens is 1. The lowest BCUT2D eigenvalue weighted by atomic mass is 10.0. The monoisotopic (exact) mass is 304 g/mol. The first-order valence-corrected chi connectivity index (χ1v) is 7.32. The van der Waals surface area contributed by atoms with E-state index in [0.717, 1.165) is 5.56 Å². The zero-order chi connectivity index (χ0) is 15.2. The molecule has 0 aliphatic carbocycles. The molecule has 6 heteroatoms. The molecule has 0 saturated heterocycles. The van der Waals surface area contributed by atoms with E-state index in [1.165, 1.54) is 18.4 Å². The molecule has 0 saturated carbocycles. The number of nitrogens with zero attached hydrogens (tertiary/aromatic N) is 1. The van der Waals surface area contributed by atoms with Gasteiger partial charge in [0.25, 0.3) is 5.91 Å². The third kappa shape index (κ3) is 3.88. The molecule has 1 atom stereocenters. The van der Waals surface area contributed by atoms with E-state index in [1.807, 2.05) is 30.3 Å². The summed E-state index contributed by atoms with van der Waals surface area (Å²) in [6.45, 7) is 1.78. The highest BCUT2D eigenvalue weighted by atomic mass is 32.1. The fourth-order valence-electron chi connectivity index (χ4n) is 1.93. The van der Waals surface area contributed by atoms with Gasteiger partial charge in [0.2, 0.25) is 0 Å². The first-order valence-electron chi connectivity index (χ1n) is 6.44. The molecule has 0 aliphatic heterocycles. The van der Waals surface area contributed by atoms with Crippen LogP contribution in [0.1, 0.15) is 33.4 Å². The molecule has 2 rings (SSSR count). The van der Waals surface area contributed by atoms with Crippen LogP contribution in [0, 0.1) is 6.92 Å². The van der Waals surface area contributed by atoms with Crippen molar-refractivity contribution in [1.29, 1.82) is 0 Å². The molecule has 1 heterocycles. The molecule has 0 spiro atoms. The second-order valence-corrected chi connectivity index (χ2v) is 5.34. The molecule has 1 aromatic carbocycles. The lowest BCUT2D eigenvalue weighted by Gasteiger charge is -2.17. The molecule has 5 nitrogen and oxygen atoms in total. The molecule has 0 radical (unpaired) electrons. The minimum Gasteiger partial charge on any atom is -0.469 e. The minimum absolute atomic E-state index is 0.0874. The Balaban J connectivity index is 2.18. The van der Waals surface area contributed by atoms with Crippen molar-refractivity contribution in [3.8, 4) is 0 Å². The molecule has 1 amide bonds. The summed E-state index contributed by atoms with van der Waals surface area (Å²) in [6.07, 6.45) is 0.0874. The van der Waals surface area contributed by atoms with Crippen LogP contribution in [-0.2, 0) is 9.53 Å². The van der Waals surface area contributed by atoms with Gasteiger partial charge in [-0.1, -0.05) is 30.3 Å². The van der Waals surface area contributed by atoms with Crippen molar-refractivity contribution in [3.63, 3.8) is 0 Å². The van der Waals surface area contributed by atoms with Crippen molar-refractivity contribution in [3.05, 3.63) is 52.0 Å². The summed E-state index contributed by atoms with van der Waals surface area (Å²) in [5.74, 6) is -0.599. The van der Waals surface area contributed by atoms with E-state index in [-0.39, 0.29) is 18.3 Å². The third-order valence-electron chi connectivity index (χ3n) is 3.06. The summed E-state index contributed by atoms with van der Waals surface area (Å²) in [4.78, 5) is 28.5. The lowest BCUT2D eigenvalue weighted by Crippen LogP contribution is -2.30. The molecule has 110 valence electrons. The number of aryl methyl sites for hydroxylation is 1. The van der Waals surface area contributed by atoms with Crippen molar-refractivity contribution in [2.45, 2.75) is 19.4 Å². The van der Waals surface area contributed by atoms with Crippen LogP contribution in [0.25, 0.3) is 0 Å². The normalized spacial score (nSPS) is 11.7. The first kappa shape index (κ1) is 15.2. The maximum atomic E-state index is 12.3. The Bertz CT molecular complexity index is 625.